The molecule has 1 aromatic carbocycles. The molecule has 0 bridgehead atoms. The van der Waals surface area contributed by atoms with E-state index in [2.05, 4.69) is 0 Å². The van der Waals surface area contributed by atoms with Gasteiger partial charge in [-0.2, -0.15) is 0 Å². The van der Waals surface area contributed by atoms with Crippen LogP contribution in [0.1, 0.15) is 5.56 Å². The molecule has 2 atom stereocenters. The number of ether oxygens (including phenoxy) is 1. The van der Waals surface area contributed by atoms with Crippen LogP contribution in [0.3, 0.4) is 0 Å². The number of methoxy groups -OCH3 is 1. The van der Waals surface area contributed by atoms with Crippen molar-refractivity contribution in [2.45, 2.75) is 18.5 Å². The standard InChI is InChI=1S/C17H22N2O6S/c1-25-13-4-2-12(3-5-13)8-16(20)19-7-6-18(9-17(21)22)14-10-26(23,24)11-15(14)19/h2-5,14-15H,6-11H2,1H3,(H,21,22)/t14-,15+/m1/s1. The summed E-state index contributed by atoms with van der Waals surface area (Å²) in [6.07, 6.45) is 0.173. The van der Waals surface area contributed by atoms with Gasteiger partial charge in [-0.15, -0.1) is 0 Å². The number of hydrogen-bond donors (Lipinski definition) is 1. The molecule has 3 rings (SSSR count). The van der Waals surface area contributed by atoms with Crippen LogP contribution < -0.4 is 4.74 Å². The van der Waals surface area contributed by atoms with E-state index in [4.69, 9.17) is 9.84 Å². The molecule has 0 radical (unpaired) electrons. The Labute approximate surface area is 152 Å². The highest BCUT2D eigenvalue weighted by molar-refractivity contribution is 7.91. The van der Waals surface area contributed by atoms with Crippen molar-refractivity contribution in [3.05, 3.63) is 29.8 Å². The summed E-state index contributed by atoms with van der Waals surface area (Å²) in [6.45, 7) is 0.480. The maximum Gasteiger partial charge on any atom is 0.317 e. The van der Waals surface area contributed by atoms with Gasteiger partial charge in [-0.1, -0.05) is 12.1 Å². The summed E-state index contributed by atoms with van der Waals surface area (Å²) in [7, 11) is -1.72. The number of hydrogen-bond acceptors (Lipinski definition) is 6. The van der Waals surface area contributed by atoms with Gasteiger partial charge in [-0.25, -0.2) is 8.42 Å². The number of benzene rings is 1. The van der Waals surface area contributed by atoms with Crippen LogP contribution in [0.2, 0.25) is 0 Å². The number of nitrogens with zero attached hydrogens (tertiary/aromatic N) is 2. The number of carbonyl (C=O) groups excluding carboxylic acids is 1. The highest BCUT2D eigenvalue weighted by Gasteiger charge is 2.48. The molecule has 0 saturated carbocycles. The van der Waals surface area contributed by atoms with Gasteiger partial charge in [0.15, 0.2) is 9.84 Å². The smallest absolute Gasteiger partial charge is 0.317 e. The molecule has 0 aromatic heterocycles. The molecule has 2 saturated heterocycles. The van der Waals surface area contributed by atoms with E-state index in [9.17, 15) is 18.0 Å². The third kappa shape index (κ3) is 3.99. The lowest BCUT2D eigenvalue weighted by atomic mass is 10.0. The Balaban J connectivity index is 1.74. The van der Waals surface area contributed by atoms with Gasteiger partial charge in [-0.3, -0.25) is 14.5 Å². The van der Waals surface area contributed by atoms with Crippen LogP contribution in [0.15, 0.2) is 24.3 Å². The van der Waals surface area contributed by atoms with E-state index in [1.54, 1.807) is 41.2 Å². The maximum atomic E-state index is 12.8. The molecule has 2 fully saturated rings. The molecule has 9 heteroatoms. The molecule has 26 heavy (non-hydrogen) atoms. The van der Waals surface area contributed by atoms with Crippen LogP contribution >= 0.6 is 0 Å². The van der Waals surface area contributed by atoms with Gasteiger partial charge < -0.3 is 14.7 Å². The third-order valence-electron chi connectivity index (χ3n) is 4.96. The summed E-state index contributed by atoms with van der Waals surface area (Å²) >= 11 is 0. The van der Waals surface area contributed by atoms with E-state index < -0.39 is 27.9 Å². The number of fused-ring (bicyclic) bond motifs is 1. The van der Waals surface area contributed by atoms with Crippen LogP contribution in [0.5, 0.6) is 5.75 Å². The number of rotatable bonds is 5. The molecule has 0 spiro atoms. The summed E-state index contributed by atoms with van der Waals surface area (Å²) in [5.41, 5.74) is 0.821. The number of amides is 1. The minimum atomic E-state index is -3.29. The average Bonchev–Trinajstić information content (AvgIpc) is 2.90. The topological polar surface area (TPSA) is 104 Å². The fourth-order valence-electron chi connectivity index (χ4n) is 3.72. The first-order valence-electron chi connectivity index (χ1n) is 8.38. The lowest BCUT2D eigenvalue weighted by Crippen LogP contribution is -2.61. The highest BCUT2D eigenvalue weighted by atomic mass is 32.2. The Hall–Kier alpha value is -2.13. The molecule has 2 aliphatic heterocycles. The Bertz CT molecular complexity index is 792. The molecule has 1 amide bonds. The molecular formula is C17H22N2O6S. The Morgan fingerprint density at radius 1 is 1.15 bits per heavy atom. The van der Waals surface area contributed by atoms with Crippen LogP contribution in [0.4, 0.5) is 0 Å². The van der Waals surface area contributed by atoms with Gasteiger partial charge in [0, 0.05) is 19.1 Å². The highest BCUT2D eigenvalue weighted by Crippen LogP contribution is 2.27. The number of carboxylic acids is 1. The zero-order valence-corrected chi connectivity index (χ0v) is 15.3. The first-order chi connectivity index (χ1) is 12.3. The summed E-state index contributed by atoms with van der Waals surface area (Å²) in [5, 5.41) is 9.05. The van der Waals surface area contributed by atoms with Gasteiger partial charge in [0.2, 0.25) is 5.91 Å². The van der Waals surface area contributed by atoms with Crippen LogP contribution in [-0.4, -0.2) is 85.5 Å². The first-order valence-corrected chi connectivity index (χ1v) is 10.2. The zero-order valence-electron chi connectivity index (χ0n) is 14.5. The minimum absolute atomic E-state index is 0.0999. The molecule has 8 nitrogen and oxygen atoms in total. The molecule has 1 aromatic rings. The van der Waals surface area contributed by atoms with Gasteiger partial charge in [-0.05, 0) is 17.7 Å². The SMILES string of the molecule is COc1ccc(CC(=O)N2CCN(CC(=O)O)[C@@H]3CS(=O)(=O)C[C@@H]32)cc1. The van der Waals surface area contributed by atoms with Crippen molar-refractivity contribution in [3.8, 4) is 5.75 Å². The fraction of sp³-hybridized carbons (Fsp3) is 0.529. The normalized spacial score (nSPS) is 24.9. The summed E-state index contributed by atoms with van der Waals surface area (Å²) in [5.74, 6) is -0.645. The van der Waals surface area contributed by atoms with Crippen molar-refractivity contribution in [3.63, 3.8) is 0 Å². The van der Waals surface area contributed by atoms with Crippen molar-refractivity contribution in [2.24, 2.45) is 0 Å². The number of piperazine rings is 1. The number of sulfone groups is 1. The zero-order chi connectivity index (χ0) is 18.9. The summed E-state index contributed by atoms with van der Waals surface area (Å²) < 4.78 is 29.3. The van der Waals surface area contributed by atoms with Crippen molar-refractivity contribution < 1.29 is 27.9 Å². The molecule has 2 heterocycles. The van der Waals surface area contributed by atoms with Crippen LogP contribution in [-0.2, 0) is 25.8 Å². The van der Waals surface area contributed by atoms with E-state index in [0.717, 1.165) is 5.56 Å². The number of carboxylic acid groups (broad SMARTS) is 1. The van der Waals surface area contributed by atoms with Crippen molar-refractivity contribution in [1.82, 2.24) is 9.80 Å². The Morgan fingerprint density at radius 3 is 2.42 bits per heavy atom. The van der Waals surface area contributed by atoms with Crippen molar-refractivity contribution in [2.75, 3.05) is 38.2 Å². The summed E-state index contributed by atoms with van der Waals surface area (Å²) in [6, 6.07) is 6.22. The minimum Gasteiger partial charge on any atom is -0.497 e. The lowest BCUT2D eigenvalue weighted by Gasteiger charge is -2.43. The molecule has 142 valence electrons. The average molecular weight is 382 g/mol. The largest absolute Gasteiger partial charge is 0.497 e. The number of aliphatic carboxylic acids is 1. The first kappa shape index (κ1) is 18.7. The second-order valence-electron chi connectivity index (χ2n) is 6.69. The summed E-state index contributed by atoms with van der Waals surface area (Å²) in [4.78, 5) is 27.1. The Morgan fingerprint density at radius 2 is 1.81 bits per heavy atom. The van der Waals surface area contributed by atoms with E-state index in [0.29, 0.717) is 18.8 Å². The third-order valence-corrected chi connectivity index (χ3v) is 6.66. The molecule has 0 aliphatic carbocycles. The van der Waals surface area contributed by atoms with Crippen LogP contribution in [0.25, 0.3) is 0 Å². The quantitative estimate of drug-likeness (QED) is 0.741. The van der Waals surface area contributed by atoms with Gasteiger partial charge in [0.05, 0.1) is 37.6 Å². The number of carbonyl (C=O) groups is 2. The van der Waals surface area contributed by atoms with Gasteiger partial charge in [0.25, 0.3) is 0 Å². The van der Waals surface area contributed by atoms with E-state index in [1.807, 2.05) is 0 Å². The maximum absolute atomic E-state index is 12.8. The molecule has 0 unspecified atom stereocenters. The van der Waals surface area contributed by atoms with Crippen LogP contribution in [0, 0.1) is 0 Å². The fourth-order valence-corrected chi connectivity index (χ4v) is 5.74. The van der Waals surface area contributed by atoms with Crippen molar-refractivity contribution in [1.29, 1.82) is 0 Å². The molecule has 2 aliphatic rings. The van der Waals surface area contributed by atoms with Gasteiger partial charge >= 0.3 is 5.97 Å². The second-order valence-corrected chi connectivity index (χ2v) is 8.84. The Kier molecular flexibility index (Phi) is 5.19. The van der Waals surface area contributed by atoms with E-state index in [1.165, 1.54) is 0 Å². The van der Waals surface area contributed by atoms with Gasteiger partial charge in [0.1, 0.15) is 5.75 Å². The monoisotopic (exact) mass is 382 g/mol. The lowest BCUT2D eigenvalue weighted by molar-refractivity contribution is -0.142. The predicted molar refractivity (Wildman–Crippen MR) is 93.8 cm³/mol. The second kappa shape index (κ2) is 7.24. The predicted octanol–water partition coefficient (Wildman–Crippen LogP) is -0.368. The van der Waals surface area contributed by atoms with E-state index >= 15 is 0 Å². The molecule has 1 N–H and O–H groups in total. The van der Waals surface area contributed by atoms with Crippen molar-refractivity contribution >= 4 is 21.7 Å². The molecular weight excluding hydrogens is 360 g/mol. The van der Waals surface area contributed by atoms with E-state index in [-0.39, 0.29) is 30.4 Å².